The van der Waals surface area contributed by atoms with Gasteiger partial charge in [0.05, 0.1) is 21.7 Å². The number of fused-ring (bicyclic) bond motifs is 1. The number of aromatic nitrogens is 1. The third kappa shape index (κ3) is 3.71. The van der Waals surface area contributed by atoms with E-state index in [1.165, 1.54) is 52.3 Å². The quantitative estimate of drug-likeness (QED) is 0.160. The van der Waals surface area contributed by atoms with Crippen molar-refractivity contribution in [2.45, 2.75) is 4.34 Å². The van der Waals surface area contributed by atoms with Gasteiger partial charge in [-0.1, -0.05) is 36.0 Å². The molecule has 5 nitrogen and oxygen atoms in total. The molecule has 0 spiro atoms. The molecule has 0 unspecified atom stereocenters. The summed E-state index contributed by atoms with van der Waals surface area (Å²) in [5, 5.41) is 1.54. The first kappa shape index (κ1) is 21.6. The molecule has 0 fully saturated rings. The molecule has 0 aliphatic carbocycles. The van der Waals surface area contributed by atoms with E-state index in [4.69, 9.17) is 0 Å². The molecular weight excluding hydrogens is 483 g/mol. The van der Waals surface area contributed by atoms with E-state index in [2.05, 4.69) is 4.98 Å². The van der Waals surface area contributed by atoms with Crippen LogP contribution in [0.1, 0.15) is 31.1 Å². The van der Waals surface area contributed by atoms with Crippen LogP contribution < -0.4 is 4.90 Å². The number of anilines is 1. The maximum Gasteiger partial charge on any atom is 0.265 e. The Morgan fingerprint density at radius 2 is 1.60 bits per heavy atom. The van der Waals surface area contributed by atoms with Crippen LogP contribution in [0.15, 0.2) is 83.2 Å². The fourth-order valence-electron chi connectivity index (χ4n) is 4.20. The zero-order chi connectivity index (χ0) is 24.1. The molecule has 2 amide bonds. The van der Waals surface area contributed by atoms with Crippen molar-refractivity contribution in [2.24, 2.45) is 0 Å². The van der Waals surface area contributed by atoms with E-state index in [0.29, 0.717) is 32.1 Å². The van der Waals surface area contributed by atoms with Crippen LogP contribution in [0.4, 0.5) is 10.1 Å². The fourth-order valence-corrected chi connectivity index (χ4v) is 6.20. The van der Waals surface area contributed by atoms with Gasteiger partial charge in [0, 0.05) is 22.1 Å². The number of thioether (sulfide) groups is 1. The second kappa shape index (κ2) is 8.41. The standard InChI is InChI=1S/C27H15FN2O3S2/c28-17-9-7-15(8-10-17)22(31)14-34-27-29-21-12-11-18(13-23(21)35-27)30-25(32)19-5-1-3-16-4-2-6-20(24(16)19)26(30)33/h1-13H,14H2. The molecule has 0 atom stereocenters. The van der Waals surface area contributed by atoms with Gasteiger partial charge in [0.15, 0.2) is 10.1 Å². The smallest absolute Gasteiger partial charge is 0.265 e. The van der Waals surface area contributed by atoms with Gasteiger partial charge in [0.1, 0.15) is 5.82 Å². The summed E-state index contributed by atoms with van der Waals surface area (Å²) in [4.78, 5) is 44.8. The van der Waals surface area contributed by atoms with E-state index in [9.17, 15) is 18.8 Å². The van der Waals surface area contributed by atoms with Crippen LogP contribution in [-0.4, -0.2) is 28.3 Å². The van der Waals surface area contributed by atoms with Crippen molar-refractivity contribution >= 4 is 67.4 Å². The number of Topliss-reactive ketones (excluding diaryl/α,β-unsaturated/α-hetero) is 1. The van der Waals surface area contributed by atoms with Gasteiger partial charge in [-0.25, -0.2) is 14.3 Å². The number of carbonyl (C=O) groups excluding carboxylic acids is 3. The van der Waals surface area contributed by atoms with Crippen molar-refractivity contribution in [2.75, 3.05) is 10.7 Å². The molecule has 5 aromatic rings. The average molecular weight is 499 g/mol. The lowest BCUT2D eigenvalue weighted by Gasteiger charge is -2.27. The van der Waals surface area contributed by atoms with Gasteiger partial charge in [-0.15, -0.1) is 11.3 Å². The van der Waals surface area contributed by atoms with Crippen LogP contribution >= 0.6 is 23.1 Å². The van der Waals surface area contributed by atoms with E-state index < -0.39 is 0 Å². The first-order valence-corrected chi connectivity index (χ1v) is 12.5. The number of benzene rings is 4. The summed E-state index contributed by atoms with van der Waals surface area (Å²) in [6.07, 6.45) is 0. The van der Waals surface area contributed by atoms with E-state index in [-0.39, 0.29) is 29.2 Å². The Labute approximate surface area is 207 Å². The number of halogens is 1. The number of imide groups is 1. The molecule has 0 N–H and O–H groups in total. The summed E-state index contributed by atoms with van der Waals surface area (Å²) in [5.41, 5.74) is 2.63. The summed E-state index contributed by atoms with van der Waals surface area (Å²) in [6, 6.07) is 21.6. The zero-order valence-corrected chi connectivity index (χ0v) is 19.7. The summed E-state index contributed by atoms with van der Waals surface area (Å²) in [7, 11) is 0. The third-order valence-corrected chi connectivity index (χ3v) is 8.04. The van der Waals surface area contributed by atoms with Crippen LogP contribution in [0.5, 0.6) is 0 Å². The molecule has 1 aliphatic heterocycles. The van der Waals surface area contributed by atoms with Crippen LogP contribution in [0, 0.1) is 5.82 Å². The predicted octanol–water partition coefficient (Wildman–Crippen LogP) is 6.36. The Balaban J connectivity index is 1.28. The zero-order valence-electron chi connectivity index (χ0n) is 18.0. The summed E-state index contributed by atoms with van der Waals surface area (Å²) in [6.45, 7) is 0. The number of hydrogen-bond donors (Lipinski definition) is 0. The SMILES string of the molecule is O=C(CSc1nc2ccc(N3C(=O)c4cccc5cccc(c45)C3=O)cc2s1)c1ccc(F)cc1. The van der Waals surface area contributed by atoms with Crippen LogP contribution in [0.25, 0.3) is 21.0 Å². The molecule has 0 saturated heterocycles. The lowest BCUT2D eigenvalue weighted by Crippen LogP contribution is -2.40. The topological polar surface area (TPSA) is 67.3 Å². The summed E-state index contributed by atoms with van der Waals surface area (Å²) in [5.74, 6) is -1.05. The minimum Gasteiger partial charge on any atom is -0.293 e. The lowest BCUT2D eigenvalue weighted by atomic mass is 9.94. The average Bonchev–Trinajstić information content (AvgIpc) is 3.28. The van der Waals surface area contributed by atoms with E-state index in [1.54, 1.807) is 30.3 Å². The highest BCUT2D eigenvalue weighted by atomic mass is 32.2. The minimum atomic E-state index is -0.387. The number of rotatable bonds is 5. The Bertz CT molecular complexity index is 1630. The molecule has 0 saturated carbocycles. The highest BCUT2D eigenvalue weighted by Crippen LogP contribution is 2.36. The predicted molar refractivity (Wildman–Crippen MR) is 136 cm³/mol. The van der Waals surface area contributed by atoms with Crippen molar-refractivity contribution < 1.29 is 18.8 Å². The van der Waals surface area contributed by atoms with Crippen molar-refractivity contribution in [3.8, 4) is 0 Å². The van der Waals surface area contributed by atoms with E-state index in [1.807, 2.05) is 24.3 Å². The molecule has 0 radical (unpaired) electrons. The van der Waals surface area contributed by atoms with E-state index in [0.717, 1.165) is 15.6 Å². The van der Waals surface area contributed by atoms with Gasteiger partial charge in [0.25, 0.3) is 11.8 Å². The molecule has 8 heteroatoms. The van der Waals surface area contributed by atoms with Gasteiger partial charge in [0.2, 0.25) is 0 Å². The highest BCUT2D eigenvalue weighted by molar-refractivity contribution is 8.01. The first-order chi connectivity index (χ1) is 17.0. The second-order valence-corrected chi connectivity index (χ2v) is 10.3. The van der Waals surface area contributed by atoms with Crippen molar-refractivity contribution in [1.82, 2.24) is 4.98 Å². The minimum absolute atomic E-state index is 0.118. The van der Waals surface area contributed by atoms with Crippen molar-refractivity contribution in [3.63, 3.8) is 0 Å². The second-order valence-electron chi connectivity index (χ2n) is 8.01. The monoisotopic (exact) mass is 498 g/mol. The van der Waals surface area contributed by atoms with Crippen molar-refractivity contribution in [3.05, 3.63) is 101 Å². The summed E-state index contributed by atoms with van der Waals surface area (Å²) < 4.78 is 14.6. The fraction of sp³-hybridized carbons (Fsp3) is 0.0370. The number of carbonyl (C=O) groups is 3. The molecular formula is C27H15FN2O3S2. The van der Waals surface area contributed by atoms with Crippen LogP contribution in [0.2, 0.25) is 0 Å². The molecule has 2 heterocycles. The molecule has 35 heavy (non-hydrogen) atoms. The number of amides is 2. The van der Waals surface area contributed by atoms with E-state index >= 15 is 0 Å². The molecule has 6 rings (SSSR count). The van der Waals surface area contributed by atoms with Crippen LogP contribution in [0.3, 0.4) is 0 Å². The van der Waals surface area contributed by atoms with Gasteiger partial charge < -0.3 is 0 Å². The Morgan fingerprint density at radius 3 is 2.29 bits per heavy atom. The maximum absolute atomic E-state index is 13.3. The van der Waals surface area contributed by atoms with Gasteiger partial charge in [-0.3, -0.25) is 14.4 Å². The molecule has 4 aromatic carbocycles. The Morgan fingerprint density at radius 1 is 0.914 bits per heavy atom. The van der Waals surface area contributed by atoms with Crippen molar-refractivity contribution in [1.29, 1.82) is 0 Å². The molecule has 1 aromatic heterocycles. The number of hydrogen-bond acceptors (Lipinski definition) is 6. The normalized spacial score (nSPS) is 13.1. The Hall–Kier alpha value is -3.88. The lowest BCUT2D eigenvalue weighted by molar-refractivity contribution is 0.0892. The molecule has 1 aliphatic rings. The van der Waals surface area contributed by atoms with Gasteiger partial charge in [-0.2, -0.15) is 0 Å². The largest absolute Gasteiger partial charge is 0.293 e. The number of nitrogens with zero attached hydrogens (tertiary/aromatic N) is 2. The van der Waals surface area contributed by atoms with Crippen LogP contribution in [-0.2, 0) is 0 Å². The number of thiazole rings is 1. The van der Waals surface area contributed by atoms with Gasteiger partial charge in [-0.05, 0) is 60.0 Å². The summed E-state index contributed by atoms with van der Waals surface area (Å²) >= 11 is 2.69. The highest BCUT2D eigenvalue weighted by Gasteiger charge is 2.34. The maximum atomic E-state index is 13.3. The molecule has 0 bridgehead atoms. The number of ketones is 1. The van der Waals surface area contributed by atoms with Gasteiger partial charge >= 0.3 is 0 Å². The molecule has 170 valence electrons. The first-order valence-electron chi connectivity index (χ1n) is 10.7. The third-order valence-electron chi connectivity index (χ3n) is 5.88. The Kier molecular flexibility index (Phi) is 5.20.